The van der Waals surface area contributed by atoms with E-state index in [4.69, 9.17) is 18.9 Å². The van der Waals surface area contributed by atoms with E-state index in [1.54, 1.807) is 42.6 Å². The van der Waals surface area contributed by atoms with Gasteiger partial charge in [0.05, 0.1) is 26.1 Å². The van der Waals surface area contributed by atoms with E-state index in [0.717, 1.165) is 0 Å². The number of hydrogen-bond acceptors (Lipinski definition) is 8. The fourth-order valence-corrected chi connectivity index (χ4v) is 2.45. The first-order chi connectivity index (χ1) is 14.6. The molecular formula is C21H19N3O6. The number of esters is 1. The Balaban J connectivity index is 1.64. The van der Waals surface area contributed by atoms with Crippen molar-refractivity contribution in [3.05, 3.63) is 66.6 Å². The number of ether oxygens (including phenoxy) is 4. The third kappa shape index (κ3) is 5.22. The van der Waals surface area contributed by atoms with Crippen molar-refractivity contribution in [2.75, 3.05) is 26.1 Å². The number of methoxy groups -OCH3 is 2. The first kappa shape index (κ1) is 20.6. The zero-order chi connectivity index (χ0) is 21.3. The largest absolute Gasteiger partial charge is 0.497 e. The van der Waals surface area contributed by atoms with Crippen LogP contribution in [-0.2, 0) is 9.53 Å². The summed E-state index contributed by atoms with van der Waals surface area (Å²) < 4.78 is 21.0. The molecule has 30 heavy (non-hydrogen) atoms. The summed E-state index contributed by atoms with van der Waals surface area (Å²) in [4.78, 5) is 32.7. The van der Waals surface area contributed by atoms with Gasteiger partial charge in [-0.3, -0.25) is 9.78 Å². The molecule has 1 amide bonds. The molecule has 0 fully saturated rings. The van der Waals surface area contributed by atoms with Gasteiger partial charge in [-0.15, -0.1) is 0 Å². The molecule has 0 radical (unpaired) electrons. The van der Waals surface area contributed by atoms with Crippen LogP contribution in [0.5, 0.6) is 23.1 Å². The Kier molecular flexibility index (Phi) is 6.78. The Hall–Kier alpha value is -4.14. The zero-order valence-corrected chi connectivity index (χ0v) is 16.3. The van der Waals surface area contributed by atoms with Crippen LogP contribution in [0.2, 0.25) is 0 Å². The van der Waals surface area contributed by atoms with Crippen molar-refractivity contribution >= 4 is 17.6 Å². The average Bonchev–Trinajstić information content (AvgIpc) is 2.78. The molecule has 9 nitrogen and oxygen atoms in total. The smallest absolute Gasteiger partial charge is 0.344 e. The molecule has 0 atom stereocenters. The zero-order valence-electron chi connectivity index (χ0n) is 16.3. The maximum atomic E-state index is 12.5. The molecule has 0 aliphatic heterocycles. The van der Waals surface area contributed by atoms with Crippen molar-refractivity contribution in [2.24, 2.45) is 0 Å². The van der Waals surface area contributed by atoms with Gasteiger partial charge in [0.1, 0.15) is 22.8 Å². The van der Waals surface area contributed by atoms with E-state index in [-0.39, 0.29) is 11.4 Å². The van der Waals surface area contributed by atoms with Crippen molar-refractivity contribution in [2.45, 2.75) is 0 Å². The minimum absolute atomic E-state index is 0.0466. The van der Waals surface area contributed by atoms with Crippen LogP contribution in [0.15, 0.2) is 61.1 Å². The third-order valence-electron chi connectivity index (χ3n) is 3.86. The number of carbonyl (C=O) groups excluding carboxylic acids is 2. The van der Waals surface area contributed by atoms with E-state index < -0.39 is 18.5 Å². The highest BCUT2D eigenvalue weighted by Gasteiger charge is 2.18. The second-order valence-electron chi connectivity index (χ2n) is 5.84. The first-order valence-electron chi connectivity index (χ1n) is 8.82. The first-order valence-corrected chi connectivity index (χ1v) is 8.82. The van der Waals surface area contributed by atoms with E-state index >= 15 is 0 Å². The predicted octanol–water partition coefficient (Wildman–Crippen LogP) is 3.08. The van der Waals surface area contributed by atoms with Crippen LogP contribution in [0.25, 0.3) is 0 Å². The number of rotatable bonds is 8. The minimum atomic E-state index is -0.755. The quantitative estimate of drug-likeness (QED) is 0.566. The number of carbonyl (C=O) groups is 2. The topological polar surface area (TPSA) is 109 Å². The Morgan fingerprint density at radius 2 is 1.83 bits per heavy atom. The molecular weight excluding hydrogens is 390 g/mol. The van der Waals surface area contributed by atoms with Gasteiger partial charge in [0, 0.05) is 18.5 Å². The SMILES string of the molecule is COc1ccc(OC)c(NC(=O)COC(=O)c2cccnc2Oc2cccnc2)c1. The molecule has 3 aromatic rings. The second kappa shape index (κ2) is 9.87. The summed E-state index contributed by atoms with van der Waals surface area (Å²) in [6.45, 7) is -0.513. The van der Waals surface area contributed by atoms with Gasteiger partial charge in [0.25, 0.3) is 5.91 Å². The van der Waals surface area contributed by atoms with Gasteiger partial charge < -0.3 is 24.3 Å². The van der Waals surface area contributed by atoms with Gasteiger partial charge in [0.2, 0.25) is 5.88 Å². The number of amides is 1. The lowest BCUT2D eigenvalue weighted by Crippen LogP contribution is -2.21. The van der Waals surface area contributed by atoms with Crippen molar-refractivity contribution in [3.63, 3.8) is 0 Å². The van der Waals surface area contributed by atoms with Gasteiger partial charge >= 0.3 is 5.97 Å². The summed E-state index contributed by atoms with van der Waals surface area (Å²) in [5, 5.41) is 2.62. The average molecular weight is 409 g/mol. The number of nitrogens with one attached hydrogen (secondary N) is 1. The molecule has 1 aromatic carbocycles. The maximum Gasteiger partial charge on any atom is 0.344 e. The summed E-state index contributed by atoms with van der Waals surface area (Å²) in [5.41, 5.74) is 0.466. The summed E-state index contributed by atoms with van der Waals surface area (Å²) in [6, 6.07) is 11.4. The highest BCUT2D eigenvalue weighted by atomic mass is 16.5. The molecule has 1 N–H and O–H groups in total. The lowest BCUT2D eigenvalue weighted by molar-refractivity contribution is -0.119. The van der Waals surface area contributed by atoms with Crippen LogP contribution >= 0.6 is 0 Å². The molecule has 2 aromatic heterocycles. The lowest BCUT2D eigenvalue weighted by atomic mass is 10.2. The number of hydrogen-bond donors (Lipinski definition) is 1. The molecule has 0 unspecified atom stereocenters. The molecule has 3 rings (SSSR count). The molecule has 2 heterocycles. The molecule has 0 saturated heterocycles. The second-order valence-corrected chi connectivity index (χ2v) is 5.84. The number of benzene rings is 1. The van der Waals surface area contributed by atoms with E-state index in [1.165, 1.54) is 32.7 Å². The van der Waals surface area contributed by atoms with E-state index in [1.807, 2.05) is 0 Å². The summed E-state index contributed by atoms with van der Waals surface area (Å²) in [6.07, 6.45) is 4.55. The molecule has 9 heteroatoms. The normalized spacial score (nSPS) is 10.1. The maximum absolute atomic E-state index is 12.5. The highest BCUT2D eigenvalue weighted by molar-refractivity contribution is 5.97. The number of pyridine rings is 2. The van der Waals surface area contributed by atoms with Gasteiger partial charge in [-0.2, -0.15) is 0 Å². The standard InChI is InChI=1S/C21H19N3O6/c1-27-14-7-8-18(28-2)17(11-14)24-19(25)13-29-21(26)16-6-4-10-23-20(16)30-15-5-3-9-22-12-15/h3-12H,13H2,1-2H3,(H,24,25). The number of aromatic nitrogens is 2. The van der Waals surface area contributed by atoms with Crippen LogP contribution in [0.3, 0.4) is 0 Å². The Labute approximate surface area is 172 Å². The minimum Gasteiger partial charge on any atom is -0.497 e. The van der Waals surface area contributed by atoms with E-state index in [0.29, 0.717) is 22.9 Å². The number of nitrogens with zero attached hydrogens (tertiary/aromatic N) is 2. The Morgan fingerprint density at radius 3 is 2.57 bits per heavy atom. The van der Waals surface area contributed by atoms with Crippen LogP contribution in [0.4, 0.5) is 5.69 Å². The predicted molar refractivity (Wildman–Crippen MR) is 107 cm³/mol. The van der Waals surface area contributed by atoms with Crippen LogP contribution in [0.1, 0.15) is 10.4 Å². The summed E-state index contributed by atoms with van der Waals surface area (Å²) in [5.74, 6) is 0.132. The lowest BCUT2D eigenvalue weighted by Gasteiger charge is -2.12. The Bertz CT molecular complexity index is 1030. The Morgan fingerprint density at radius 1 is 1.00 bits per heavy atom. The van der Waals surface area contributed by atoms with Crippen molar-refractivity contribution < 1.29 is 28.5 Å². The van der Waals surface area contributed by atoms with Gasteiger partial charge in [0.15, 0.2) is 6.61 Å². The fraction of sp³-hybridized carbons (Fsp3) is 0.143. The van der Waals surface area contributed by atoms with Gasteiger partial charge in [-0.1, -0.05) is 0 Å². The highest BCUT2D eigenvalue weighted by Crippen LogP contribution is 2.29. The molecule has 0 aliphatic carbocycles. The molecule has 154 valence electrons. The van der Waals surface area contributed by atoms with Crippen LogP contribution < -0.4 is 19.5 Å². The van der Waals surface area contributed by atoms with Crippen LogP contribution in [0, 0.1) is 0 Å². The summed E-state index contributed by atoms with van der Waals surface area (Å²) >= 11 is 0. The molecule has 0 bridgehead atoms. The van der Waals surface area contributed by atoms with Crippen molar-refractivity contribution in [3.8, 4) is 23.1 Å². The van der Waals surface area contributed by atoms with Gasteiger partial charge in [-0.05, 0) is 36.4 Å². The number of anilines is 1. The molecule has 0 aliphatic rings. The molecule has 0 spiro atoms. The third-order valence-corrected chi connectivity index (χ3v) is 3.86. The fourth-order valence-electron chi connectivity index (χ4n) is 2.45. The van der Waals surface area contributed by atoms with E-state index in [2.05, 4.69) is 15.3 Å². The van der Waals surface area contributed by atoms with Crippen molar-refractivity contribution in [1.82, 2.24) is 9.97 Å². The van der Waals surface area contributed by atoms with Crippen LogP contribution in [-0.4, -0.2) is 42.7 Å². The van der Waals surface area contributed by atoms with Gasteiger partial charge in [-0.25, -0.2) is 9.78 Å². The summed E-state index contributed by atoms with van der Waals surface area (Å²) in [7, 11) is 2.98. The molecule has 0 saturated carbocycles. The van der Waals surface area contributed by atoms with E-state index in [9.17, 15) is 9.59 Å². The van der Waals surface area contributed by atoms with Crippen molar-refractivity contribution in [1.29, 1.82) is 0 Å². The monoisotopic (exact) mass is 409 g/mol.